The number of rotatable bonds is 3. The van der Waals surface area contributed by atoms with Crippen LogP contribution in [-0.4, -0.2) is 31.4 Å². The van der Waals surface area contributed by atoms with Crippen molar-refractivity contribution in [3.05, 3.63) is 17.7 Å². The van der Waals surface area contributed by atoms with Crippen molar-refractivity contribution in [3.8, 4) is 11.5 Å². The van der Waals surface area contributed by atoms with Crippen molar-refractivity contribution >= 4 is 12.6 Å². The highest BCUT2D eigenvalue weighted by Crippen LogP contribution is 2.21. The van der Waals surface area contributed by atoms with Gasteiger partial charge in [0, 0.05) is 5.46 Å². The van der Waals surface area contributed by atoms with E-state index in [9.17, 15) is 0 Å². The third-order valence-corrected chi connectivity index (χ3v) is 2.03. The molecule has 1 rings (SSSR count). The van der Waals surface area contributed by atoms with Crippen LogP contribution in [0, 0.1) is 6.92 Å². The lowest BCUT2D eigenvalue weighted by molar-refractivity contribution is 0.394. The van der Waals surface area contributed by atoms with Gasteiger partial charge in [0.25, 0.3) is 0 Å². The SMILES string of the molecule is COc1cc(B(O)O)c(OC)cc1C. The fourth-order valence-electron chi connectivity index (χ4n) is 1.28. The monoisotopic (exact) mass is 196 g/mol. The topological polar surface area (TPSA) is 58.9 Å². The van der Waals surface area contributed by atoms with Crippen LogP contribution in [-0.2, 0) is 0 Å². The molecule has 0 radical (unpaired) electrons. The Balaban J connectivity index is 3.25. The molecule has 1 aromatic rings. The summed E-state index contributed by atoms with van der Waals surface area (Å²) in [4.78, 5) is 0. The Morgan fingerprint density at radius 1 is 1.07 bits per heavy atom. The fraction of sp³-hybridized carbons (Fsp3) is 0.333. The second-order valence-corrected chi connectivity index (χ2v) is 2.94. The maximum atomic E-state index is 9.07. The molecule has 4 nitrogen and oxygen atoms in total. The maximum absolute atomic E-state index is 9.07. The lowest BCUT2D eigenvalue weighted by atomic mass is 9.79. The molecule has 0 amide bonds. The highest BCUT2D eigenvalue weighted by Gasteiger charge is 2.19. The van der Waals surface area contributed by atoms with E-state index in [0.29, 0.717) is 17.0 Å². The van der Waals surface area contributed by atoms with Crippen LogP contribution in [0.1, 0.15) is 5.56 Å². The summed E-state index contributed by atoms with van der Waals surface area (Å²) in [7, 11) is 1.45. The third-order valence-electron chi connectivity index (χ3n) is 2.03. The fourth-order valence-corrected chi connectivity index (χ4v) is 1.28. The zero-order chi connectivity index (χ0) is 10.7. The molecule has 0 aromatic heterocycles. The molecule has 0 fully saturated rings. The molecule has 5 heteroatoms. The van der Waals surface area contributed by atoms with E-state index in [1.165, 1.54) is 14.2 Å². The summed E-state index contributed by atoms with van der Waals surface area (Å²) < 4.78 is 10.1. The summed E-state index contributed by atoms with van der Waals surface area (Å²) in [6.45, 7) is 1.86. The van der Waals surface area contributed by atoms with Crippen LogP contribution in [0.2, 0.25) is 0 Å². The number of aryl methyl sites for hydroxylation is 1. The Labute approximate surface area is 83.2 Å². The molecule has 0 aliphatic carbocycles. The molecule has 1 aromatic carbocycles. The Hall–Kier alpha value is -1.20. The van der Waals surface area contributed by atoms with E-state index in [0.717, 1.165) is 5.56 Å². The van der Waals surface area contributed by atoms with Gasteiger partial charge < -0.3 is 19.5 Å². The van der Waals surface area contributed by atoms with Gasteiger partial charge in [-0.05, 0) is 24.6 Å². The van der Waals surface area contributed by atoms with Gasteiger partial charge in [-0.3, -0.25) is 0 Å². The van der Waals surface area contributed by atoms with Crippen LogP contribution in [0.15, 0.2) is 12.1 Å². The lowest BCUT2D eigenvalue weighted by Gasteiger charge is -2.12. The molecule has 0 spiro atoms. The van der Waals surface area contributed by atoms with Crippen LogP contribution in [0.4, 0.5) is 0 Å². The summed E-state index contributed by atoms with van der Waals surface area (Å²) >= 11 is 0. The molecule has 2 N–H and O–H groups in total. The lowest BCUT2D eigenvalue weighted by Crippen LogP contribution is -2.31. The van der Waals surface area contributed by atoms with Crippen molar-refractivity contribution in [1.29, 1.82) is 0 Å². The van der Waals surface area contributed by atoms with Crippen molar-refractivity contribution in [1.82, 2.24) is 0 Å². The zero-order valence-corrected chi connectivity index (χ0v) is 8.44. The molecule has 0 saturated heterocycles. The maximum Gasteiger partial charge on any atom is 0.492 e. The first-order valence-electron chi connectivity index (χ1n) is 4.18. The first kappa shape index (κ1) is 10.9. The molecular weight excluding hydrogens is 183 g/mol. The van der Waals surface area contributed by atoms with Gasteiger partial charge in [-0.25, -0.2) is 0 Å². The van der Waals surface area contributed by atoms with Gasteiger partial charge in [-0.15, -0.1) is 0 Å². The summed E-state index contributed by atoms with van der Waals surface area (Å²) in [5.74, 6) is 1.05. The van der Waals surface area contributed by atoms with E-state index in [2.05, 4.69) is 0 Å². The van der Waals surface area contributed by atoms with E-state index in [1.54, 1.807) is 12.1 Å². The minimum atomic E-state index is -1.56. The van der Waals surface area contributed by atoms with E-state index in [1.807, 2.05) is 6.92 Å². The van der Waals surface area contributed by atoms with Crippen LogP contribution in [0.3, 0.4) is 0 Å². The molecule has 0 bridgehead atoms. The van der Waals surface area contributed by atoms with E-state index < -0.39 is 7.12 Å². The van der Waals surface area contributed by atoms with Crippen molar-refractivity contribution < 1.29 is 19.5 Å². The van der Waals surface area contributed by atoms with Gasteiger partial charge in [0.05, 0.1) is 14.2 Å². The molecule has 0 heterocycles. The van der Waals surface area contributed by atoms with E-state index in [-0.39, 0.29) is 0 Å². The van der Waals surface area contributed by atoms with Gasteiger partial charge in [0.2, 0.25) is 0 Å². The van der Waals surface area contributed by atoms with E-state index >= 15 is 0 Å². The van der Waals surface area contributed by atoms with Crippen molar-refractivity contribution in [3.63, 3.8) is 0 Å². The first-order valence-corrected chi connectivity index (χ1v) is 4.18. The molecule has 0 unspecified atom stereocenters. The van der Waals surface area contributed by atoms with Crippen molar-refractivity contribution in [2.75, 3.05) is 14.2 Å². The van der Waals surface area contributed by atoms with Crippen LogP contribution >= 0.6 is 0 Å². The van der Waals surface area contributed by atoms with Crippen LogP contribution in [0.5, 0.6) is 11.5 Å². The van der Waals surface area contributed by atoms with Gasteiger partial charge in [-0.2, -0.15) is 0 Å². The smallest absolute Gasteiger partial charge is 0.492 e. The minimum Gasteiger partial charge on any atom is -0.497 e. The second kappa shape index (κ2) is 4.35. The highest BCUT2D eigenvalue weighted by atomic mass is 16.5. The standard InChI is InChI=1S/C9H13BO4/c1-6-4-9(14-3)7(10(11)12)5-8(6)13-2/h4-5,11-12H,1-3H3. The van der Waals surface area contributed by atoms with Crippen molar-refractivity contribution in [2.45, 2.75) is 6.92 Å². The molecular formula is C9H13BO4. The highest BCUT2D eigenvalue weighted by molar-refractivity contribution is 6.59. The number of benzene rings is 1. The summed E-state index contributed by atoms with van der Waals surface area (Å²) in [5, 5.41) is 18.1. The molecule has 0 saturated carbocycles. The number of methoxy groups -OCH3 is 2. The minimum absolute atomic E-state index is 0.301. The molecule has 0 aliphatic heterocycles. The van der Waals surface area contributed by atoms with Gasteiger partial charge >= 0.3 is 7.12 Å². The average Bonchev–Trinajstić information content (AvgIpc) is 2.16. The first-order chi connectivity index (χ1) is 6.60. The van der Waals surface area contributed by atoms with Crippen LogP contribution in [0.25, 0.3) is 0 Å². The molecule has 14 heavy (non-hydrogen) atoms. The quantitative estimate of drug-likeness (QED) is 0.651. The average molecular weight is 196 g/mol. The van der Waals surface area contributed by atoms with Crippen LogP contribution < -0.4 is 14.9 Å². The third kappa shape index (κ3) is 2.00. The molecule has 0 atom stereocenters. The second-order valence-electron chi connectivity index (χ2n) is 2.94. The van der Waals surface area contributed by atoms with Gasteiger partial charge in [0.15, 0.2) is 0 Å². The predicted molar refractivity (Wildman–Crippen MR) is 54.1 cm³/mol. The largest absolute Gasteiger partial charge is 0.497 e. The van der Waals surface area contributed by atoms with E-state index in [4.69, 9.17) is 19.5 Å². The predicted octanol–water partition coefficient (Wildman–Crippen LogP) is -0.308. The Kier molecular flexibility index (Phi) is 3.38. The molecule has 0 aliphatic rings. The number of hydrogen-bond donors (Lipinski definition) is 2. The Morgan fingerprint density at radius 2 is 1.64 bits per heavy atom. The van der Waals surface area contributed by atoms with Gasteiger partial charge in [0.1, 0.15) is 11.5 Å². The molecule has 76 valence electrons. The summed E-state index contributed by atoms with van der Waals surface area (Å²) in [5.41, 5.74) is 1.18. The van der Waals surface area contributed by atoms with Gasteiger partial charge in [-0.1, -0.05) is 0 Å². The Morgan fingerprint density at radius 3 is 2.07 bits per heavy atom. The summed E-state index contributed by atoms with van der Waals surface area (Å²) in [6.07, 6.45) is 0. The number of hydrogen-bond acceptors (Lipinski definition) is 4. The number of ether oxygens (including phenoxy) is 2. The van der Waals surface area contributed by atoms with Crippen molar-refractivity contribution in [2.24, 2.45) is 0 Å². The normalized spacial score (nSPS) is 9.79. The summed E-state index contributed by atoms with van der Waals surface area (Å²) in [6, 6.07) is 3.26. The zero-order valence-electron chi connectivity index (χ0n) is 8.44. The Bertz CT molecular complexity index is 325.